The van der Waals surface area contributed by atoms with Crippen molar-refractivity contribution in [3.8, 4) is 0 Å². The van der Waals surface area contributed by atoms with Crippen LogP contribution in [0.5, 0.6) is 0 Å². The summed E-state index contributed by atoms with van der Waals surface area (Å²) >= 11 is 0. The first-order valence-electron chi connectivity index (χ1n) is 8.75. The Bertz CT molecular complexity index is 740. The zero-order valence-electron chi connectivity index (χ0n) is 14.4. The Hall–Kier alpha value is -2.83. The molecule has 0 spiro atoms. The maximum atomic E-state index is 13.2. The van der Waals surface area contributed by atoms with Gasteiger partial charge in [0.1, 0.15) is 5.82 Å². The molecule has 1 saturated heterocycles. The number of benzene rings is 1. The van der Waals surface area contributed by atoms with Crippen molar-refractivity contribution in [2.75, 3.05) is 25.0 Å². The summed E-state index contributed by atoms with van der Waals surface area (Å²) in [5.74, 6) is 0.193. The lowest BCUT2D eigenvalue weighted by Crippen LogP contribution is -2.41. The van der Waals surface area contributed by atoms with Gasteiger partial charge in [-0.3, -0.25) is 4.79 Å². The van der Waals surface area contributed by atoms with E-state index in [1.807, 2.05) is 0 Å². The summed E-state index contributed by atoms with van der Waals surface area (Å²) in [6.45, 7) is 1.88. The van der Waals surface area contributed by atoms with Gasteiger partial charge >= 0.3 is 6.03 Å². The van der Waals surface area contributed by atoms with Crippen LogP contribution in [0.25, 0.3) is 0 Å². The molecule has 0 radical (unpaired) electrons. The molecule has 1 aliphatic heterocycles. The highest BCUT2D eigenvalue weighted by molar-refractivity contribution is 5.91. The molecule has 0 saturated carbocycles. The van der Waals surface area contributed by atoms with Crippen LogP contribution in [0.2, 0.25) is 0 Å². The van der Waals surface area contributed by atoms with Crippen molar-refractivity contribution >= 4 is 17.6 Å². The van der Waals surface area contributed by atoms with E-state index in [1.165, 1.54) is 18.4 Å². The third-order valence-electron chi connectivity index (χ3n) is 4.56. The summed E-state index contributed by atoms with van der Waals surface area (Å²) in [4.78, 5) is 25.8. The fourth-order valence-corrected chi connectivity index (χ4v) is 3.08. The second-order valence-electron chi connectivity index (χ2n) is 6.39. The molecule has 1 fully saturated rings. The third-order valence-corrected chi connectivity index (χ3v) is 4.56. The first kappa shape index (κ1) is 18.0. The number of anilines is 1. The van der Waals surface area contributed by atoms with Gasteiger partial charge in [0.25, 0.3) is 5.91 Å². The Balaban J connectivity index is 1.37. The van der Waals surface area contributed by atoms with Crippen molar-refractivity contribution in [3.05, 3.63) is 54.2 Å². The lowest BCUT2D eigenvalue weighted by atomic mass is 9.94. The van der Waals surface area contributed by atoms with Crippen molar-refractivity contribution in [1.82, 2.24) is 10.2 Å². The average molecular weight is 359 g/mol. The number of halogens is 1. The van der Waals surface area contributed by atoms with E-state index in [0.29, 0.717) is 37.0 Å². The molecule has 2 aromatic rings. The zero-order chi connectivity index (χ0) is 18.4. The van der Waals surface area contributed by atoms with Gasteiger partial charge in [-0.1, -0.05) is 6.07 Å². The summed E-state index contributed by atoms with van der Waals surface area (Å²) < 4.78 is 18.2. The molecule has 1 aromatic carbocycles. The summed E-state index contributed by atoms with van der Waals surface area (Å²) in [7, 11) is 0. The van der Waals surface area contributed by atoms with Gasteiger partial charge in [-0.2, -0.15) is 0 Å². The normalized spacial score (nSPS) is 14.9. The van der Waals surface area contributed by atoms with E-state index in [2.05, 4.69) is 10.6 Å². The third kappa shape index (κ3) is 4.84. The number of rotatable bonds is 5. The minimum Gasteiger partial charge on any atom is -0.459 e. The number of piperidine rings is 1. The van der Waals surface area contributed by atoms with Gasteiger partial charge in [0.15, 0.2) is 5.76 Å². The second-order valence-corrected chi connectivity index (χ2v) is 6.39. The van der Waals surface area contributed by atoms with Gasteiger partial charge in [0.2, 0.25) is 0 Å². The van der Waals surface area contributed by atoms with Crippen molar-refractivity contribution in [3.63, 3.8) is 0 Å². The maximum absolute atomic E-state index is 13.2. The zero-order valence-corrected chi connectivity index (χ0v) is 14.4. The minimum absolute atomic E-state index is 0.207. The Morgan fingerprint density at radius 3 is 2.69 bits per heavy atom. The fourth-order valence-electron chi connectivity index (χ4n) is 3.08. The molecule has 1 aromatic heterocycles. The summed E-state index contributed by atoms with van der Waals surface area (Å²) in [6.07, 6.45) is 4.10. The predicted molar refractivity (Wildman–Crippen MR) is 95.4 cm³/mol. The van der Waals surface area contributed by atoms with Crippen LogP contribution in [0.15, 0.2) is 47.1 Å². The van der Waals surface area contributed by atoms with E-state index in [1.54, 1.807) is 29.2 Å². The van der Waals surface area contributed by atoms with Crippen LogP contribution in [-0.4, -0.2) is 36.5 Å². The number of carbonyl (C=O) groups excluding carboxylic acids is 2. The number of carbonyl (C=O) groups is 2. The van der Waals surface area contributed by atoms with Crippen LogP contribution in [0.3, 0.4) is 0 Å². The molecule has 2 N–H and O–H groups in total. The molecule has 0 atom stereocenters. The molecule has 138 valence electrons. The molecule has 0 bridgehead atoms. The molecule has 7 heteroatoms. The molecule has 26 heavy (non-hydrogen) atoms. The first-order valence-corrected chi connectivity index (χ1v) is 8.75. The smallest absolute Gasteiger partial charge is 0.321 e. The van der Waals surface area contributed by atoms with Gasteiger partial charge in [0, 0.05) is 25.3 Å². The van der Waals surface area contributed by atoms with E-state index < -0.39 is 0 Å². The number of nitrogens with zero attached hydrogens (tertiary/aromatic N) is 1. The second kappa shape index (κ2) is 8.51. The van der Waals surface area contributed by atoms with Gasteiger partial charge in [-0.25, -0.2) is 9.18 Å². The van der Waals surface area contributed by atoms with Crippen molar-refractivity contribution in [2.24, 2.45) is 5.92 Å². The van der Waals surface area contributed by atoms with Crippen LogP contribution in [0.1, 0.15) is 29.8 Å². The molecular weight excluding hydrogens is 337 g/mol. The van der Waals surface area contributed by atoms with E-state index in [4.69, 9.17) is 4.42 Å². The molecule has 0 aliphatic carbocycles. The lowest BCUT2D eigenvalue weighted by Gasteiger charge is -2.32. The summed E-state index contributed by atoms with van der Waals surface area (Å²) in [5, 5.41) is 5.56. The molecule has 0 unspecified atom stereocenters. The van der Waals surface area contributed by atoms with E-state index >= 15 is 0 Å². The molecule has 1 aliphatic rings. The minimum atomic E-state index is -0.377. The summed E-state index contributed by atoms with van der Waals surface area (Å²) in [5.41, 5.74) is 0.456. The Morgan fingerprint density at radius 1 is 1.19 bits per heavy atom. The Kier molecular flexibility index (Phi) is 5.88. The van der Waals surface area contributed by atoms with Crippen molar-refractivity contribution in [1.29, 1.82) is 0 Å². The van der Waals surface area contributed by atoms with E-state index in [-0.39, 0.29) is 17.8 Å². The van der Waals surface area contributed by atoms with Crippen LogP contribution in [-0.2, 0) is 0 Å². The maximum Gasteiger partial charge on any atom is 0.321 e. The highest BCUT2D eigenvalue weighted by Crippen LogP contribution is 2.21. The molecular formula is C19H22FN3O3. The monoisotopic (exact) mass is 359 g/mol. The van der Waals surface area contributed by atoms with Crippen LogP contribution >= 0.6 is 0 Å². The average Bonchev–Trinajstić information content (AvgIpc) is 3.17. The Labute approximate surface area is 151 Å². The highest BCUT2D eigenvalue weighted by Gasteiger charge is 2.23. The standard InChI is InChI=1S/C19H22FN3O3/c20-15-3-1-4-16(13-15)22-19(25)23-10-7-14(8-11-23)6-9-21-18(24)17-5-2-12-26-17/h1-5,12-14H,6-11H2,(H,21,24)(H,22,25). The summed E-state index contributed by atoms with van der Waals surface area (Å²) in [6, 6.07) is 8.96. The Morgan fingerprint density at radius 2 is 2.00 bits per heavy atom. The van der Waals surface area contributed by atoms with E-state index in [0.717, 1.165) is 19.3 Å². The van der Waals surface area contributed by atoms with Gasteiger partial charge in [-0.05, 0) is 55.5 Å². The number of nitrogens with one attached hydrogen (secondary N) is 2. The van der Waals surface area contributed by atoms with Gasteiger partial charge in [-0.15, -0.1) is 0 Å². The van der Waals surface area contributed by atoms with Gasteiger partial charge in [0.05, 0.1) is 6.26 Å². The molecule has 3 rings (SSSR count). The first-order chi connectivity index (χ1) is 12.6. The number of amides is 3. The quantitative estimate of drug-likeness (QED) is 0.858. The number of hydrogen-bond acceptors (Lipinski definition) is 3. The number of hydrogen-bond donors (Lipinski definition) is 2. The highest BCUT2D eigenvalue weighted by atomic mass is 19.1. The van der Waals surface area contributed by atoms with Crippen LogP contribution in [0, 0.1) is 11.7 Å². The largest absolute Gasteiger partial charge is 0.459 e. The molecule has 3 amide bonds. The van der Waals surface area contributed by atoms with Crippen LogP contribution in [0.4, 0.5) is 14.9 Å². The SMILES string of the molecule is O=C(NCCC1CCN(C(=O)Nc2cccc(F)c2)CC1)c1ccco1. The molecule has 2 heterocycles. The molecule has 6 nitrogen and oxygen atoms in total. The fraction of sp³-hybridized carbons (Fsp3) is 0.368. The topological polar surface area (TPSA) is 74.6 Å². The van der Waals surface area contributed by atoms with Crippen LogP contribution < -0.4 is 10.6 Å². The lowest BCUT2D eigenvalue weighted by molar-refractivity contribution is 0.0922. The van der Waals surface area contributed by atoms with Crippen molar-refractivity contribution in [2.45, 2.75) is 19.3 Å². The van der Waals surface area contributed by atoms with E-state index in [9.17, 15) is 14.0 Å². The van der Waals surface area contributed by atoms with Crippen molar-refractivity contribution < 1.29 is 18.4 Å². The number of likely N-dealkylation sites (tertiary alicyclic amines) is 1. The van der Waals surface area contributed by atoms with Gasteiger partial charge < -0.3 is 20.0 Å². The number of urea groups is 1. The predicted octanol–water partition coefficient (Wildman–Crippen LogP) is 3.48. The number of furan rings is 1.